The summed E-state index contributed by atoms with van der Waals surface area (Å²) < 4.78 is 18.1. The van der Waals surface area contributed by atoms with Gasteiger partial charge in [-0.2, -0.15) is 0 Å². The minimum absolute atomic E-state index is 0.273. The van der Waals surface area contributed by atoms with Gasteiger partial charge in [0.05, 0.1) is 11.6 Å². The summed E-state index contributed by atoms with van der Waals surface area (Å²) in [7, 11) is 0. The number of halogens is 2. The van der Waals surface area contributed by atoms with Crippen LogP contribution in [0.4, 0.5) is 4.39 Å². The molecule has 0 radical (unpaired) electrons. The highest BCUT2D eigenvalue weighted by atomic mass is 35.5. The van der Waals surface area contributed by atoms with E-state index in [0.717, 1.165) is 0 Å². The van der Waals surface area contributed by atoms with Crippen LogP contribution in [0.25, 0.3) is 11.0 Å². The van der Waals surface area contributed by atoms with Crippen molar-refractivity contribution in [2.24, 2.45) is 5.73 Å². The van der Waals surface area contributed by atoms with Gasteiger partial charge in [0, 0.05) is 5.39 Å². The van der Waals surface area contributed by atoms with Gasteiger partial charge in [-0.25, -0.2) is 4.39 Å². The lowest BCUT2D eigenvalue weighted by atomic mass is 10.2. The Balaban J connectivity index is 2.75. The number of rotatable bonds is 1. The average molecular weight is 200 g/mol. The van der Waals surface area contributed by atoms with Crippen LogP contribution in [-0.4, -0.2) is 0 Å². The Hall–Kier alpha value is -1.06. The second-order valence-electron chi connectivity index (χ2n) is 2.72. The third kappa shape index (κ3) is 1.41. The van der Waals surface area contributed by atoms with Gasteiger partial charge in [0.2, 0.25) is 0 Å². The molecule has 0 spiro atoms. The Labute approximate surface area is 79.1 Å². The number of hydrogen-bond acceptors (Lipinski definition) is 2. The fourth-order valence-corrected chi connectivity index (χ4v) is 1.48. The minimum Gasteiger partial charge on any atom is -0.458 e. The Morgan fingerprint density at radius 2 is 2.15 bits per heavy atom. The number of hydrogen-bond donors (Lipinski definition) is 1. The van der Waals surface area contributed by atoms with E-state index in [1.807, 2.05) is 0 Å². The van der Waals surface area contributed by atoms with Crippen LogP contribution in [0.1, 0.15) is 5.76 Å². The molecule has 0 saturated carbocycles. The summed E-state index contributed by atoms with van der Waals surface area (Å²) in [5.74, 6) is 0.226. The lowest BCUT2D eigenvalue weighted by molar-refractivity contribution is 0.551. The maximum Gasteiger partial charge on any atom is 0.153 e. The Morgan fingerprint density at radius 1 is 1.38 bits per heavy atom. The van der Waals surface area contributed by atoms with E-state index in [4.69, 9.17) is 21.8 Å². The van der Waals surface area contributed by atoms with Crippen LogP contribution in [0.15, 0.2) is 22.6 Å². The van der Waals surface area contributed by atoms with Crippen molar-refractivity contribution in [3.05, 3.63) is 34.8 Å². The predicted octanol–water partition coefficient (Wildman–Crippen LogP) is 2.68. The number of benzene rings is 1. The standard InChI is InChI=1S/C9H7ClFNO/c10-8-3-6(11)1-5-2-7(4-12)13-9(5)8/h1-3H,4,12H2. The third-order valence-corrected chi connectivity index (χ3v) is 2.07. The molecule has 0 atom stereocenters. The van der Waals surface area contributed by atoms with Gasteiger partial charge in [0.25, 0.3) is 0 Å². The summed E-state index contributed by atoms with van der Waals surface area (Å²) in [6.45, 7) is 0.284. The van der Waals surface area contributed by atoms with E-state index < -0.39 is 0 Å². The second-order valence-corrected chi connectivity index (χ2v) is 3.13. The van der Waals surface area contributed by atoms with Crippen molar-refractivity contribution in [2.45, 2.75) is 6.54 Å². The molecule has 2 rings (SSSR count). The van der Waals surface area contributed by atoms with Crippen molar-refractivity contribution in [3.63, 3.8) is 0 Å². The maximum atomic E-state index is 12.9. The number of furan rings is 1. The third-order valence-electron chi connectivity index (χ3n) is 1.79. The van der Waals surface area contributed by atoms with Crippen molar-refractivity contribution in [1.29, 1.82) is 0 Å². The minimum atomic E-state index is -0.373. The first-order chi connectivity index (χ1) is 6.20. The zero-order valence-electron chi connectivity index (χ0n) is 6.68. The molecule has 0 aliphatic heterocycles. The largest absolute Gasteiger partial charge is 0.458 e. The van der Waals surface area contributed by atoms with E-state index in [1.54, 1.807) is 6.07 Å². The molecule has 0 aliphatic rings. The molecule has 0 saturated heterocycles. The van der Waals surface area contributed by atoms with Crippen LogP contribution in [-0.2, 0) is 6.54 Å². The quantitative estimate of drug-likeness (QED) is 0.767. The Kier molecular flexibility index (Phi) is 1.98. The van der Waals surface area contributed by atoms with Crippen LogP contribution in [0.2, 0.25) is 5.02 Å². The molecular formula is C9H7ClFNO. The van der Waals surface area contributed by atoms with Gasteiger partial charge in [-0.3, -0.25) is 0 Å². The molecular weight excluding hydrogens is 193 g/mol. The van der Waals surface area contributed by atoms with Crippen LogP contribution < -0.4 is 5.73 Å². The van der Waals surface area contributed by atoms with Crippen LogP contribution in [0, 0.1) is 5.82 Å². The van der Waals surface area contributed by atoms with Gasteiger partial charge in [0.1, 0.15) is 11.6 Å². The number of nitrogens with two attached hydrogens (primary N) is 1. The van der Waals surface area contributed by atoms with Crippen LogP contribution in [0.3, 0.4) is 0 Å². The molecule has 0 amide bonds. The zero-order chi connectivity index (χ0) is 9.42. The van der Waals surface area contributed by atoms with Gasteiger partial charge in [-0.15, -0.1) is 0 Å². The fraction of sp³-hybridized carbons (Fsp3) is 0.111. The molecule has 1 aromatic heterocycles. The first-order valence-electron chi connectivity index (χ1n) is 3.78. The lowest BCUT2D eigenvalue weighted by Gasteiger charge is -1.92. The molecule has 2 N–H and O–H groups in total. The lowest BCUT2D eigenvalue weighted by Crippen LogP contribution is -1.92. The van der Waals surface area contributed by atoms with E-state index in [9.17, 15) is 4.39 Å². The van der Waals surface area contributed by atoms with Gasteiger partial charge >= 0.3 is 0 Å². The van der Waals surface area contributed by atoms with Gasteiger partial charge in [-0.05, 0) is 18.2 Å². The first kappa shape index (κ1) is 8.53. The first-order valence-corrected chi connectivity index (χ1v) is 4.16. The number of fused-ring (bicyclic) bond motifs is 1. The maximum absolute atomic E-state index is 12.9. The molecule has 1 aromatic carbocycles. The smallest absolute Gasteiger partial charge is 0.153 e. The van der Waals surface area contributed by atoms with Crippen molar-refractivity contribution in [2.75, 3.05) is 0 Å². The molecule has 4 heteroatoms. The van der Waals surface area contributed by atoms with Crippen LogP contribution >= 0.6 is 11.6 Å². The summed E-state index contributed by atoms with van der Waals surface area (Å²) in [4.78, 5) is 0. The molecule has 0 fully saturated rings. The van der Waals surface area contributed by atoms with E-state index >= 15 is 0 Å². The average Bonchev–Trinajstić information content (AvgIpc) is 2.47. The molecule has 2 nitrogen and oxygen atoms in total. The normalized spacial score (nSPS) is 11.0. The molecule has 68 valence electrons. The van der Waals surface area contributed by atoms with Gasteiger partial charge in [0.15, 0.2) is 5.58 Å². The van der Waals surface area contributed by atoms with E-state index in [-0.39, 0.29) is 17.4 Å². The summed E-state index contributed by atoms with van der Waals surface area (Å²) in [6, 6.07) is 4.27. The van der Waals surface area contributed by atoms with Gasteiger partial charge < -0.3 is 10.2 Å². The SMILES string of the molecule is NCc1cc2cc(F)cc(Cl)c2o1. The monoisotopic (exact) mass is 199 g/mol. The summed E-state index contributed by atoms with van der Waals surface area (Å²) >= 11 is 5.76. The highest BCUT2D eigenvalue weighted by Crippen LogP contribution is 2.27. The summed E-state index contributed by atoms with van der Waals surface area (Å²) in [6.07, 6.45) is 0. The Morgan fingerprint density at radius 3 is 2.85 bits per heavy atom. The highest BCUT2D eigenvalue weighted by molar-refractivity contribution is 6.34. The molecule has 0 aliphatic carbocycles. The molecule has 1 heterocycles. The molecule has 13 heavy (non-hydrogen) atoms. The zero-order valence-corrected chi connectivity index (χ0v) is 7.44. The van der Waals surface area contributed by atoms with Crippen molar-refractivity contribution in [3.8, 4) is 0 Å². The molecule has 2 aromatic rings. The van der Waals surface area contributed by atoms with E-state index in [2.05, 4.69) is 0 Å². The highest BCUT2D eigenvalue weighted by Gasteiger charge is 2.07. The Bertz CT molecular complexity index is 452. The van der Waals surface area contributed by atoms with Crippen LogP contribution in [0.5, 0.6) is 0 Å². The second kappa shape index (κ2) is 3.01. The van der Waals surface area contributed by atoms with Crippen molar-refractivity contribution < 1.29 is 8.81 Å². The molecule has 0 bridgehead atoms. The van der Waals surface area contributed by atoms with E-state index in [1.165, 1.54) is 12.1 Å². The summed E-state index contributed by atoms with van der Waals surface area (Å²) in [5.41, 5.74) is 5.86. The fourth-order valence-electron chi connectivity index (χ4n) is 1.23. The summed E-state index contributed by atoms with van der Waals surface area (Å²) in [5, 5.41) is 0.917. The predicted molar refractivity (Wildman–Crippen MR) is 49.1 cm³/mol. The molecule has 0 unspecified atom stereocenters. The van der Waals surface area contributed by atoms with Crippen molar-refractivity contribution in [1.82, 2.24) is 0 Å². The van der Waals surface area contributed by atoms with E-state index in [0.29, 0.717) is 16.7 Å². The van der Waals surface area contributed by atoms with Crippen molar-refractivity contribution >= 4 is 22.6 Å². The van der Waals surface area contributed by atoms with Gasteiger partial charge in [-0.1, -0.05) is 11.6 Å². The topological polar surface area (TPSA) is 39.2 Å².